The van der Waals surface area contributed by atoms with Gasteiger partial charge in [0.2, 0.25) is 4.96 Å². The number of imidazole rings is 1. The van der Waals surface area contributed by atoms with Crippen molar-refractivity contribution < 1.29 is 4.79 Å². The molecule has 1 amide bonds. The summed E-state index contributed by atoms with van der Waals surface area (Å²) in [5.41, 5.74) is 3.92. The summed E-state index contributed by atoms with van der Waals surface area (Å²) in [5, 5.41) is 6.85. The lowest BCUT2D eigenvalue weighted by atomic mass is 10.2. The van der Waals surface area contributed by atoms with Crippen LogP contribution in [-0.4, -0.2) is 20.5 Å². The minimum absolute atomic E-state index is 0.224. The highest BCUT2D eigenvalue weighted by Gasteiger charge is 2.12. The van der Waals surface area contributed by atoms with Crippen molar-refractivity contribution in [1.82, 2.24) is 14.6 Å². The van der Waals surface area contributed by atoms with Gasteiger partial charge in [0, 0.05) is 5.69 Å². The third-order valence-corrected chi connectivity index (χ3v) is 3.18. The molecular weight excluding hydrogens is 248 g/mol. The van der Waals surface area contributed by atoms with Gasteiger partial charge in [-0.25, -0.2) is 9.50 Å². The number of benzene rings is 1. The number of rotatable bonds is 2. The first kappa shape index (κ1) is 10.9. The fourth-order valence-corrected chi connectivity index (χ4v) is 2.27. The second-order valence-corrected chi connectivity index (χ2v) is 4.73. The van der Waals surface area contributed by atoms with E-state index in [2.05, 4.69) is 15.4 Å². The van der Waals surface area contributed by atoms with E-state index in [-0.39, 0.29) is 5.91 Å². The number of amides is 1. The SMILES string of the molecule is Cc1cccc(NC(=O)c2cn3ncsc3n2)c1. The third kappa shape index (κ3) is 1.98. The van der Waals surface area contributed by atoms with Crippen LogP contribution in [0.25, 0.3) is 4.96 Å². The van der Waals surface area contributed by atoms with Crippen LogP contribution in [0.3, 0.4) is 0 Å². The van der Waals surface area contributed by atoms with Crippen LogP contribution in [0.1, 0.15) is 16.1 Å². The van der Waals surface area contributed by atoms with Crippen molar-refractivity contribution in [1.29, 1.82) is 0 Å². The fraction of sp³-hybridized carbons (Fsp3) is 0.0833. The molecule has 18 heavy (non-hydrogen) atoms. The zero-order valence-electron chi connectivity index (χ0n) is 9.62. The van der Waals surface area contributed by atoms with Gasteiger partial charge in [-0.1, -0.05) is 23.5 Å². The summed E-state index contributed by atoms with van der Waals surface area (Å²) < 4.78 is 1.59. The van der Waals surface area contributed by atoms with Gasteiger partial charge in [-0.15, -0.1) is 0 Å². The Labute approximate surface area is 107 Å². The summed E-state index contributed by atoms with van der Waals surface area (Å²) in [6, 6.07) is 7.64. The normalized spacial score (nSPS) is 10.7. The Balaban J connectivity index is 1.85. The Hall–Kier alpha value is -2.21. The van der Waals surface area contributed by atoms with Crippen LogP contribution in [0.15, 0.2) is 36.0 Å². The van der Waals surface area contributed by atoms with Crippen molar-refractivity contribution in [2.75, 3.05) is 5.32 Å². The number of aryl methyl sites for hydroxylation is 1. The first-order chi connectivity index (χ1) is 8.72. The zero-order valence-corrected chi connectivity index (χ0v) is 10.4. The molecule has 1 N–H and O–H groups in total. The van der Waals surface area contributed by atoms with Gasteiger partial charge in [0.25, 0.3) is 5.91 Å². The van der Waals surface area contributed by atoms with Gasteiger partial charge >= 0.3 is 0 Å². The minimum Gasteiger partial charge on any atom is -0.321 e. The summed E-state index contributed by atoms with van der Waals surface area (Å²) in [7, 11) is 0. The molecule has 0 radical (unpaired) electrons. The molecule has 2 aromatic heterocycles. The minimum atomic E-state index is -0.224. The topological polar surface area (TPSA) is 59.3 Å². The predicted molar refractivity (Wildman–Crippen MR) is 70.0 cm³/mol. The smallest absolute Gasteiger partial charge is 0.275 e. The third-order valence-electron chi connectivity index (χ3n) is 2.49. The van der Waals surface area contributed by atoms with Crippen molar-refractivity contribution in [3.05, 3.63) is 47.2 Å². The van der Waals surface area contributed by atoms with Gasteiger partial charge < -0.3 is 5.32 Å². The van der Waals surface area contributed by atoms with E-state index in [9.17, 15) is 4.79 Å². The molecular formula is C12H10N4OS. The molecule has 90 valence electrons. The lowest BCUT2D eigenvalue weighted by Crippen LogP contribution is -2.12. The molecule has 0 saturated heterocycles. The summed E-state index contributed by atoms with van der Waals surface area (Å²) in [4.78, 5) is 16.9. The quantitative estimate of drug-likeness (QED) is 0.767. The molecule has 0 aliphatic carbocycles. The number of hydrogen-bond acceptors (Lipinski definition) is 4. The molecule has 0 bridgehead atoms. The van der Waals surface area contributed by atoms with Crippen molar-refractivity contribution in [3.63, 3.8) is 0 Å². The highest BCUT2D eigenvalue weighted by Crippen LogP contribution is 2.13. The van der Waals surface area contributed by atoms with E-state index in [0.717, 1.165) is 11.3 Å². The number of anilines is 1. The molecule has 0 atom stereocenters. The molecule has 3 rings (SSSR count). The number of carbonyl (C=O) groups is 1. The number of nitrogens with zero attached hydrogens (tertiary/aromatic N) is 3. The van der Waals surface area contributed by atoms with Crippen LogP contribution in [-0.2, 0) is 0 Å². The lowest BCUT2D eigenvalue weighted by molar-refractivity contribution is 0.102. The van der Waals surface area contributed by atoms with Crippen LogP contribution in [0.4, 0.5) is 5.69 Å². The Bertz CT molecular complexity index is 687. The standard InChI is InChI=1S/C12H10N4OS/c1-8-3-2-4-9(5-8)14-11(17)10-6-16-12(15-10)18-7-13-16/h2-7H,1H3,(H,14,17). The van der Waals surface area contributed by atoms with E-state index in [0.29, 0.717) is 10.7 Å². The molecule has 0 fully saturated rings. The van der Waals surface area contributed by atoms with Crippen molar-refractivity contribution >= 4 is 27.9 Å². The number of nitrogens with one attached hydrogen (secondary N) is 1. The molecule has 3 aromatic rings. The van der Waals surface area contributed by atoms with Crippen LogP contribution < -0.4 is 5.32 Å². The Morgan fingerprint density at radius 3 is 3.11 bits per heavy atom. The Kier molecular flexibility index (Phi) is 2.56. The van der Waals surface area contributed by atoms with E-state index < -0.39 is 0 Å². The second-order valence-electron chi connectivity index (χ2n) is 3.92. The van der Waals surface area contributed by atoms with E-state index in [1.165, 1.54) is 11.3 Å². The summed E-state index contributed by atoms with van der Waals surface area (Å²) in [6.45, 7) is 1.98. The Morgan fingerprint density at radius 1 is 1.44 bits per heavy atom. The van der Waals surface area contributed by atoms with E-state index >= 15 is 0 Å². The average Bonchev–Trinajstić information content (AvgIpc) is 2.88. The second kappa shape index (κ2) is 4.23. The number of carbonyl (C=O) groups excluding carboxylic acids is 1. The van der Waals surface area contributed by atoms with Crippen LogP contribution in [0.5, 0.6) is 0 Å². The van der Waals surface area contributed by atoms with Crippen LogP contribution in [0, 0.1) is 6.92 Å². The molecule has 2 heterocycles. The molecule has 5 nitrogen and oxygen atoms in total. The summed E-state index contributed by atoms with van der Waals surface area (Å²) >= 11 is 1.40. The molecule has 0 aliphatic rings. The summed E-state index contributed by atoms with van der Waals surface area (Å²) in [6.07, 6.45) is 1.62. The Morgan fingerprint density at radius 2 is 2.33 bits per heavy atom. The van der Waals surface area contributed by atoms with Gasteiger partial charge in [-0.2, -0.15) is 5.10 Å². The largest absolute Gasteiger partial charge is 0.321 e. The predicted octanol–water partition coefficient (Wildman–Crippen LogP) is 2.35. The van der Waals surface area contributed by atoms with Crippen molar-refractivity contribution in [2.24, 2.45) is 0 Å². The van der Waals surface area contributed by atoms with Gasteiger partial charge in [0.1, 0.15) is 11.2 Å². The van der Waals surface area contributed by atoms with E-state index in [1.54, 1.807) is 16.2 Å². The number of aromatic nitrogens is 3. The molecule has 6 heteroatoms. The lowest BCUT2D eigenvalue weighted by Gasteiger charge is -2.03. The van der Waals surface area contributed by atoms with E-state index in [4.69, 9.17) is 0 Å². The van der Waals surface area contributed by atoms with Gasteiger partial charge in [0.15, 0.2) is 0 Å². The monoisotopic (exact) mass is 258 g/mol. The van der Waals surface area contributed by atoms with E-state index in [1.807, 2.05) is 31.2 Å². The molecule has 0 aliphatic heterocycles. The highest BCUT2D eigenvalue weighted by atomic mass is 32.1. The molecule has 0 spiro atoms. The molecule has 1 aromatic carbocycles. The van der Waals surface area contributed by atoms with Crippen LogP contribution >= 0.6 is 11.3 Å². The fourth-order valence-electron chi connectivity index (χ4n) is 1.67. The number of fused-ring (bicyclic) bond motifs is 1. The van der Waals surface area contributed by atoms with Crippen molar-refractivity contribution in [3.8, 4) is 0 Å². The molecule has 0 saturated carbocycles. The maximum atomic E-state index is 12.0. The van der Waals surface area contributed by atoms with Crippen LogP contribution in [0.2, 0.25) is 0 Å². The first-order valence-electron chi connectivity index (χ1n) is 5.39. The van der Waals surface area contributed by atoms with Crippen molar-refractivity contribution in [2.45, 2.75) is 6.92 Å². The number of hydrogen-bond donors (Lipinski definition) is 1. The summed E-state index contributed by atoms with van der Waals surface area (Å²) in [5.74, 6) is -0.224. The zero-order chi connectivity index (χ0) is 12.5. The molecule has 0 unspecified atom stereocenters. The van der Waals surface area contributed by atoms with Gasteiger partial charge in [-0.05, 0) is 24.6 Å². The maximum Gasteiger partial charge on any atom is 0.275 e. The average molecular weight is 258 g/mol. The maximum absolute atomic E-state index is 12.0. The highest BCUT2D eigenvalue weighted by molar-refractivity contribution is 7.14. The first-order valence-corrected chi connectivity index (χ1v) is 6.27. The van der Waals surface area contributed by atoms with Gasteiger partial charge in [0.05, 0.1) is 6.20 Å². The van der Waals surface area contributed by atoms with Gasteiger partial charge in [-0.3, -0.25) is 4.79 Å².